The molecule has 2 amide bonds. The van der Waals surface area contributed by atoms with Crippen molar-refractivity contribution in [3.63, 3.8) is 0 Å². The van der Waals surface area contributed by atoms with Crippen LogP contribution in [0.15, 0.2) is 54.9 Å². The SMILES string of the molecule is CCC(C)C(NC(=O)c1cc2c([nH]c3ccccc32)c(C)n1)C(=O)NCc1ccncc1. The van der Waals surface area contributed by atoms with E-state index in [2.05, 4.69) is 25.6 Å². The minimum Gasteiger partial charge on any atom is -0.353 e. The number of H-pyrrole nitrogens is 1. The van der Waals surface area contributed by atoms with E-state index in [0.29, 0.717) is 12.2 Å². The number of nitrogens with zero attached hydrogens (tertiary/aromatic N) is 2. The van der Waals surface area contributed by atoms with E-state index in [9.17, 15) is 9.59 Å². The fraction of sp³-hybridized carbons (Fsp3) is 0.280. The highest BCUT2D eigenvalue weighted by atomic mass is 16.2. The van der Waals surface area contributed by atoms with E-state index < -0.39 is 6.04 Å². The number of nitrogens with one attached hydrogen (secondary N) is 3. The van der Waals surface area contributed by atoms with Crippen LogP contribution >= 0.6 is 0 Å². The van der Waals surface area contributed by atoms with Gasteiger partial charge in [0, 0.05) is 35.2 Å². The van der Waals surface area contributed by atoms with Crippen molar-refractivity contribution in [2.45, 2.75) is 39.8 Å². The third kappa shape index (κ3) is 4.32. The fourth-order valence-corrected chi connectivity index (χ4v) is 3.84. The number of hydrogen-bond acceptors (Lipinski definition) is 4. The van der Waals surface area contributed by atoms with E-state index in [4.69, 9.17) is 0 Å². The maximum absolute atomic E-state index is 13.1. The fourth-order valence-electron chi connectivity index (χ4n) is 3.84. The summed E-state index contributed by atoms with van der Waals surface area (Å²) in [6.45, 7) is 6.21. The van der Waals surface area contributed by atoms with Gasteiger partial charge in [0.2, 0.25) is 5.91 Å². The van der Waals surface area contributed by atoms with Gasteiger partial charge in [-0.2, -0.15) is 0 Å². The molecule has 4 aromatic rings. The van der Waals surface area contributed by atoms with Crippen LogP contribution in [-0.4, -0.2) is 32.8 Å². The number of aromatic amines is 1. The first-order valence-electron chi connectivity index (χ1n) is 10.8. The molecular formula is C25H27N5O2. The van der Waals surface area contributed by atoms with Gasteiger partial charge in [0.15, 0.2) is 0 Å². The van der Waals surface area contributed by atoms with Gasteiger partial charge in [-0.1, -0.05) is 38.5 Å². The summed E-state index contributed by atoms with van der Waals surface area (Å²) in [7, 11) is 0. The Bertz CT molecular complexity index is 1270. The Kier molecular flexibility index (Phi) is 6.16. The molecule has 2 unspecified atom stereocenters. The van der Waals surface area contributed by atoms with Gasteiger partial charge >= 0.3 is 0 Å². The quantitative estimate of drug-likeness (QED) is 0.415. The van der Waals surface area contributed by atoms with Gasteiger partial charge in [-0.15, -0.1) is 0 Å². The third-order valence-electron chi connectivity index (χ3n) is 5.91. The number of carbonyl (C=O) groups excluding carboxylic acids is 2. The molecule has 0 radical (unpaired) electrons. The molecule has 3 N–H and O–H groups in total. The Morgan fingerprint density at radius 2 is 1.84 bits per heavy atom. The van der Waals surface area contributed by atoms with Crippen molar-refractivity contribution in [1.82, 2.24) is 25.6 Å². The molecule has 7 nitrogen and oxygen atoms in total. The van der Waals surface area contributed by atoms with Crippen molar-refractivity contribution in [3.05, 3.63) is 71.8 Å². The molecule has 4 rings (SSSR count). The molecule has 3 aromatic heterocycles. The summed E-state index contributed by atoms with van der Waals surface area (Å²) >= 11 is 0. The standard InChI is InChI=1S/C25H27N5O2/c1-4-15(2)22(25(32)27-14-17-9-11-26-12-10-17)30-24(31)21-13-19-18-7-5-6-8-20(18)29-23(19)16(3)28-21/h5-13,15,22,29H,4,14H2,1-3H3,(H,27,32)(H,30,31). The van der Waals surface area contributed by atoms with Crippen LogP contribution in [0.4, 0.5) is 0 Å². The van der Waals surface area contributed by atoms with Gasteiger partial charge in [-0.3, -0.25) is 14.6 Å². The molecule has 1 aromatic carbocycles. The van der Waals surface area contributed by atoms with Crippen molar-refractivity contribution >= 4 is 33.6 Å². The minimum atomic E-state index is -0.657. The summed E-state index contributed by atoms with van der Waals surface area (Å²) in [6, 6.07) is 12.8. The molecule has 2 atom stereocenters. The summed E-state index contributed by atoms with van der Waals surface area (Å²) in [4.78, 5) is 37.9. The van der Waals surface area contributed by atoms with Crippen molar-refractivity contribution in [1.29, 1.82) is 0 Å². The molecule has 0 saturated heterocycles. The first-order valence-corrected chi connectivity index (χ1v) is 10.8. The zero-order valence-electron chi connectivity index (χ0n) is 18.5. The number of fused-ring (bicyclic) bond motifs is 3. The summed E-state index contributed by atoms with van der Waals surface area (Å²) < 4.78 is 0. The highest BCUT2D eigenvalue weighted by Gasteiger charge is 2.27. The normalized spacial score (nSPS) is 13.1. The number of aryl methyl sites for hydroxylation is 1. The molecule has 3 heterocycles. The van der Waals surface area contributed by atoms with E-state index in [0.717, 1.165) is 39.5 Å². The van der Waals surface area contributed by atoms with Crippen LogP contribution in [0.25, 0.3) is 21.8 Å². The summed E-state index contributed by atoms with van der Waals surface area (Å²) in [5, 5.41) is 7.82. The number of amides is 2. The van der Waals surface area contributed by atoms with E-state index in [1.807, 2.05) is 57.2 Å². The van der Waals surface area contributed by atoms with Crippen LogP contribution in [0, 0.1) is 12.8 Å². The molecule has 0 aliphatic heterocycles. The molecule has 164 valence electrons. The monoisotopic (exact) mass is 429 g/mol. The number of rotatable bonds is 7. The van der Waals surface area contributed by atoms with Gasteiger partial charge in [-0.25, -0.2) is 4.98 Å². The molecule has 0 fully saturated rings. The topological polar surface area (TPSA) is 99.8 Å². The Morgan fingerprint density at radius 3 is 2.59 bits per heavy atom. The Morgan fingerprint density at radius 1 is 1.09 bits per heavy atom. The lowest BCUT2D eigenvalue weighted by atomic mass is 9.98. The van der Waals surface area contributed by atoms with Crippen LogP contribution in [0.1, 0.15) is 42.0 Å². The molecular weight excluding hydrogens is 402 g/mol. The first-order chi connectivity index (χ1) is 15.5. The van der Waals surface area contributed by atoms with E-state index in [1.165, 1.54) is 0 Å². The van der Waals surface area contributed by atoms with Crippen molar-refractivity contribution < 1.29 is 9.59 Å². The molecule has 0 spiro atoms. The van der Waals surface area contributed by atoms with Crippen LogP contribution in [0.2, 0.25) is 0 Å². The summed E-state index contributed by atoms with van der Waals surface area (Å²) in [6.07, 6.45) is 4.12. The number of carbonyl (C=O) groups is 2. The van der Waals surface area contributed by atoms with Crippen LogP contribution in [0.5, 0.6) is 0 Å². The molecule has 0 bridgehead atoms. The van der Waals surface area contributed by atoms with Gasteiger partial charge in [-0.05, 0) is 42.7 Å². The molecule has 32 heavy (non-hydrogen) atoms. The van der Waals surface area contributed by atoms with E-state index in [-0.39, 0.29) is 17.7 Å². The average Bonchev–Trinajstić information content (AvgIpc) is 3.20. The second kappa shape index (κ2) is 9.18. The summed E-state index contributed by atoms with van der Waals surface area (Å²) in [5.41, 5.74) is 3.90. The predicted molar refractivity (Wildman–Crippen MR) is 125 cm³/mol. The van der Waals surface area contributed by atoms with Gasteiger partial charge < -0.3 is 15.6 Å². The highest BCUT2D eigenvalue weighted by molar-refractivity contribution is 6.10. The number of aromatic nitrogens is 3. The largest absolute Gasteiger partial charge is 0.353 e. The van der Waals surface area contributed by atoms with Gasteiger partial charge in [0.1, 0.15) is 11.7 Å². The highest BCUT2D eigenvalue weighted by Crippen LogP contribution is 2.27. The number of benzene rings is 1. The Labute approximate surface area is 186 Å². The van der Waals surface area contributed by atoms with Gasteiger partial charge in [0.05, 0.1) is 11.2 Å². The Hall–Kier alpha value is -3.74. The first kappa shape index (κ1) is 21.5. The van der Waals surface area contributed by atoms with Gasteiger partial charge in [0.25, 0.3) is 5.91 Å². The van der Waals surface area contributed by atoms with Crippen LogP contribution < -0.4 is 10.6 Å². The average molecular weight is 430 g/mol. The van der Waals surface area contributed by atoms with Crippen molar-refractivity contribution in [2.24, 2.45) is 5.92 Å². The lowest BCUT2D eigenvalue weighted by molar-refractivity contribution is -0.124. The Balaban J connectivity index is 1.57. The maximum Gasteiger partial charge on any atom is 0.270 e. The van der Waals surface area contributed by atoms with Crippen LogP contribution in [0.3, 0.4) is 0 Å². The van der Waals surface area contributed by atoms with E-state index in [1.54, 1.807) is 18.5 Å². The second-order valence-electron chi connectivity index (χ2n) is 8.10. The molecule has 0 saturated carbocycles. The van der Waals surface area contributed by atoms with Crippen LogP contribution in [-0.2, 0) is 11.3 Å². The maximum atomic E-state index is 13.1. The second-order valence-corrected chi connectivity index (χ2v) is 8.10. The third-order valence-corrected chi connectivity index (χ3v) is 5.91. The van der Waals surface area contributed by atoms with Crippen molar-refractivity contribution in [3.8, 4) is 0 Å². The molecule has 0 aliphatic rings. The zero-order chi connectivity index (χ0) is 22.7. The predicted octanol–water partition coefficient (Wildman–Crippen LogP) is 3.88. The minimum absolute atomic E-state index is 0.0330. The number of para-hydroxylation sites is 1. The van der Waals surface area contributed by atoms with Crippen molar-refractivity contribution in [2.75, 3.05) is 0 Å². The number of hydrogen-bond donors (Lipinski definition) is 3. The zero-order valence-corrected chi connectivity index (χ0v) is 18.5. The smallest absolute Gasteiger partial charge is 0.270 e. The lowest BCUT2D eigenvalue weighted by Crippen LogP contribution is -2.50. The van der Waals surface area contributed by atoms with E-state index >= 15 is 0 Å². The number of pyridine rings is 2. The lowest BCUT2D eigenvalue weighted by Gasteiger charge is -2.23. The molecule has 7 heteroatoms. The summed E-state index contributed by atoms with van der Waals surface area (Å²) in [5.74, 6) is -0.603. The molecule has 0 aliphatic carbocycles.